The number of amides is 1. The summed E-state index contributed by atoms with van der Waals surface area (Å²) in [5.41, 5.74) is -0.436. The zero-order chi connectivity index (χ0) is 15.3. The van der Waals surface area contributed by atoms with E-state index in [-0.39, 0.29) is 11.9 Å². The van der Waals surface area contributed by atoms with Crippen molar-refractivity contribution in [3.63, 3.8) is 0 Å². The molecular formula is C16H29NO3. The highest BCUT2D eigenvalue weighted by atomic mass is 16.5. The summed E-state index contributed by atoms with van der Waals surface area (Å²) in [4.78, 5) is 24.5. The first-order valence-corrected chi connectivity index (χ1v) is 7.76. The summed E-state index contributed by atoms with van der Waals surface area (Å²) in [5.74, 6) is -0.589. The third-order valence-electron chi connectivity index (χ3n) is 3.80. The van der Waals surface area contributed by atoms with Crippen molar-refractivity contribution in [2.24, 2.45) is 17.3 Å². The highest BCUT2D eigenvalue weighted by molar-refractivity contribution is 5.98. The molecule has 0 aromatic heterocycles. The van der Waals surface area contributed by atoms with E-state index in [1.807, 2.05) is 20.8 Å². The molecule has 1 fully saturated rings. The van der Waals surface area contributed by atoms with Gasteiger partial charge in [-0.2, -0.15) is 0 Å². The molecule has 2 atom stereocenters. The molecule has 4 heteroatoms. The Bertz CT molecular complexity index is 342. The van der Waals surface area contributed by atoms with Crippen molar-refractivity contribution < 1.29 is 14.3 Å². The van der Waals surface area contributed by atoms with Gasteiger partial charge in [0.1, 0.15) is 5.92 Å². The lowest BCUT2D eigenvalue weighted by Gasteiger charge is -2.29. The molecule has 1 amide bonds. The van der Waals surface area contributed by atoms with Gasteiger partial charge in [-0.15, -0.1) is 0 Å². The van der Waals surface area contributed by atoms with E-state index in [1.54, 1.807) is 6.92 Å². The largest absolute Gasteiger partial charge is 0.465 e. The molecule has 0 spiro atoms. The number of carbonyl (C=O) groups excluding carboxylic acids is 2. The Morgan fingerprint density at radius 2 is 1.85 bits per heavy atom. The van der Waals surface area contributed by atoms with E-state index in [1.165, 1.54) is 12.8 Å². The van der Waals surface area contributed by atoms with Crippen LogP contribution in [-0.4, -0.2) is 24.5 Å². The smallest absolute Gasteiger partial charge is 0.319 e. The number of carbonyl (C=O) groups is 2. The van der Waals surface area contributed by atoms with Gasteiger partial charge in [0, 0.05) is 6.04 Å². The average Bonchev–Trinajstić information content (AvgIpc) is 3.10. The minimum Gasteiger partial charge on any atom is -0.465 e. The van der Waals surface area contributed by atoms with Gasteiger partial charge in [0.2, 0.25) is 5.91 Å². The standard InChI is InChI=1S/C16H29NO3/c1-6-12(10-11-8-9-11)17-14(18)13(16(3,4)5)15(19)20-7-2/h11-13H,6-10H2,1-5H3,(H,17,18). The highest BCUT2D eigenvalue weighted by Crippen LogP contribution is 2.34. The Balaban J connectivity index is 2.68. The first-order chi connectivity index (χ1) is 9.29. The second kappa shape index (κ2) is 7.09. The summed E-state index contributed by atoms with van der Waals surface area (Å²) in [6.45, 7) is 9.83. The maximum absolute atomic E-state index is 12.5. The summed E-state index contributed by atoms with van der Waals surface area (Å²) in [6, 6.07) is 0.175. The van der Waals surface area contributed by atoms with Gasteiger partial charge in [0.25, 0.3) is 0 Å². The Morgan fingerprint density at radius 3 is 2.25 bits per heavy atom. The van der Waals surface area contributed by atoms with E-state index in [4.69, 9.17) is 4.74 Å². The lowest BCUT2D eigenvalue weighted by Crippen LogP contribution is -2.47. The van der Waals surface area contributed by atoms with Crippen molar-refractivity contribution in [2.45, 2.75) is 66.3 Å². The number of esters is 1. The molecule has 1 aliphatic carbocycles. The van der Waals surface area contributed by atoms with E-state index >= 15 is 0 Å². The topological polar surface area (TPSA) is 55.4 Å². The predicted molar refractivity (Wildman–Crippen MR) is 79.1 cm³/mol. The first-order valence-electron chi connectivity index (χ1n) is 7.76. The average molecular weight is 283 g/mol. The van der Waals surface area contributed by atoms with Crippen molar-refractivity contribution in [3.8, 4) is 0 Å². The molecule has 0 radical (unpaired) electrons. The van der Waals surface area contributed by atoms with Crippen molar-refractivity contribution >= 4 is 11.9 Å². The van der Waals surface area contributed by atoms with Crippen LogP contribution in [0.25, 0.3) is 0 Å². The monoisotopic (exact) mass is 283 g/mol. The maximum Gasteiger partial charge on any atom is 0.319 e. The molecule has 0 aromatic carbocycles. The maximum atomic E-state index is 12.5. The fourth-order valence-electron chi connectivity index (χ4n) is 2.45. The van der Waals surface area contributed by atoms with Crippen LogP contribution in [0.3, 0.4) is 0 Å². The molecular weight excluding hydrogens is 254 g/mol. The molecule has 2 unspecified atom stereocenters. The van der Waals surface area contributed by atoms with Crippen LogP contribution in [-0.2, 0) is 14.3 Å². The summed E-state index contributed by atoms with van der Waals surface area (Å²) < 4.78 is 5.06. The zero-order valence-electron chi connectivity index (χ0n) is 13.5. The van der Waals surface area contributed by atoms with E-state index in [0.717, 1.165) is 18.8 Å². The number of hydrogen-bond donors (Lipinski definition) is 1. The summed E-state index contributed by atoms with van der Waals surface area (Å²) >= 11 is 0. The van der Waals surface area contributed by atoms with Crippen molar-refractivity contribution in [2.75, 3.05) is 6.61 Å². The van der Waals surface area contributed by atoms with E-state index in [2.05, 4.69) is 12.2 Å². The number of nitrogens with one attached hydrogen (secondary N) is 1. The van der Waals surface area contributed by atoms with Crippen LogP contribution in [0.2, 0.25) is 0 Å². The van der Waals surface area contributed by atoms with Gasteiger partial charge in [0.15, 0.2) is 0 Å². The molecule has 4 nitrogen and oxygen atoms in total. The summed E-state index contributed by atoms with van der Waals surface area (Å²) in [5, 5.41) is 3.04. The third kappa shape index (κ3) is 5.14. The first kappa shape index (κ1) is 17.0. The van der Waals surface area contributed by atoms with Gasteiger partial charge >= 0.3 is 5.97 Å². The van der Waals surface area contributed by atoms with Crippen LogP contribution in [0.5, 0.6) is 0 Å². The molecule has 1 saturated carbocycles. The number of ether oxygens (including phenoxy) is 1. The lowest BCUT2D eigenvalue weighted by molar-refractivity contribution is -0.156. The Labute approximate surface area is 122 Å². The minimum absolute atomic E-state index is 0.175. The molecule has 20 heavy (non-hydrogen) atoms. The molecule has 1 N–H and O–H groups in total. The Hall–Kier alpha value is -1.06. The predicted octanol–water partition coefficient (Wildman–Crippen LogP) is 2.91. The van der Waals surface area contributed by atoms with E-state index in [0.29, 0.717) is 6.61 Å². The Kier molecular flexibility index (Phi) is 6.03. The summed E-state index contributed by atoms with van der Waals surface area (Å²) in [7, 11) is 0. The fourth-order valence-corrected chi connectivity index (χ4v) is 2.45. The van der Waals surface area contributed by atoms with Gasteiger partial charge in [0.05, 0.1) is 6.61 Å². The molecule has 0 bridgehead atoms. The third-order valence-corrected chi connectivity index (χ3v) is 3.80. The van der Waals surface area contributed by atoms with Crippen LogP contribution in [0.4, 0.5) is 0 Å². The number of hydrogen-bond acceptors (Lipinski definition) is 3. The van der Waals surface area contributed by atoms with Crippen LogP contribution in [0, 0.1) is 17.3 Å². The molecule has 1 rings (SSSR count). The van der Waals surface area contributed by atoms with Gasteiger partial charge in [-0.1, -0.05) is 40.5 Å². The minimum atomic E-state index is -0.740. The molecule has 0 aromatic rings. The lowest BCUT2D eigenvalue weighted by atomic mass is 9.80. The second-order valence-electron chi connectivity index (χ2n) is 6.84. The van der Waals surface area contributed by atoms with Crippen molar-refractivity contribution in [1.82, 2.24) is 5.32 Å². The second-order valence-corrected chi connectivity index (χ2v) is 6.84. The molecule has 0 heterocycles. The Morgan fingerprint density at radius 1 is 1.25 bits per heavy atom. The SMILES string of the molecule is CCOC(=O)C(C(=O)NC(CC)CC1CC1)C(C)(C)C. The zero-order valence-corrected chi connectivity index (χ0v) is 13.5. The molecule has 0 saturated heterocycles. The van der Waals surface area contributed by atoms with Crippen LogP contribution >= 0.6 is 0 Å². The van der Waals surface area contributed by atoms with E-state index < -0.39 is 17.3 Å². The van der Waals surface area contributed by atoms with Gasteiger partial charge in [-0.3, -0.25) is 9.59 Å². The van der Waals surface area contributed by atoms with Gasteiger partial charge in [-0.05, 0) is 31.1 Å². The van der Waals surface area contributed by atoms with Crippen LogP contribution in [0.15, 0.2) is 0 Å². The molecule has 116 valence electrons. The van der Waals surface area contributed by atoms with Crippen LogP contribution in [0.1, 0.15) is 60.3 Å². The van der Waals surface area contributed by atoms with E-state index in [9.17, 15) is 9.59 Å². The van der Waals surface area contributed by atoms with Crippen molar-refractivity contribution in [1.29, 1.82) is 0 Å². The van der Waals surface area contributed by atoms with Crippen molar-refractivity contribution in [3.05, 3.63) is 0 Å². The summed E-state index contributed by atoms with van der Waals surface area (Å²) in [6.07, 6.45) is 4.48. The highest BCUT2D eigenvalue weighted by Gasteiger charge is 2.39. The molecule has 0 aliphatic heterocycles. The normalized spacial score (nSPS) is 18.2. The fraction of sp³-hybridized carbons (Fsp3) is 0.875. The molecule has 1 aliphatic rings. The van der Waals surface area contributed by atoms with Gasteiger partial charge < -0.3 is 10.1 Å². The number of rotatable bonds is 7. The van der Waals surface area contributed by atoms with Crippen LogP contribution < -0.4 is 5.32 Å². The van der Waals surface area contributed by atoms with Gasteiger partial charge in [-0.25, -0.2) is 0 Å². The quantitative estimate of drug-likeness (QED) is 0.577.